The third-order valence-electron chi connectivity index (χ3n) is 3.96. The fourth-order valence-corrected chi connectivity index (χ4v) is 2.04. The highest BCUT2D eigenvalue weighted by molar-refractivity contribution is 6.62. The Bertz CT molecular complexity index is 595. The minimum atomic E-state index is -0.406. The molecule has 104 valence electrons. The molecule has 0 unspecified atom stereocenters. The average molecular weight is 272 g/mol. The van der Waals surface area contributed by atoms with Gasteiger partial charge in [0.25, 0.3) is 0 Å². The first-order valence-corrected chi connectivity index (χ1v) is 6.60. The Labute approximate surface area is 118 Å². The molecule has 2 aromatic heterocycles. The lowest BCUT2D eigenvalue weighted by Gasteiger charge is -2.32. The van der Waals surface area contributed by atoms with Gasteiger partial charge >= 0.3 is 7.12 Å². The summed E-state index contributed by atoms with van der Waals surface area (Å²) in [7, 11) is -0.406. The molecule has 0 amide bonds. The molecule has 3 rings (SSSR count). The van der Waals surface area contributed by atoms with Gasteiger partial charge in [-0.1, -0.05) is 0 Å². The molecular weight excluding hydrogens is 255 g/mol. The van der Waals surface area contributed by atoms with Crippen LogP contribution in [-0.4, -0.2) is 28.3 Å². The average Bonchev–Trinajstić information content (AvgIpc) is 2.97. The van der Waals surface area contributed by atoms with Gasteiger partial charge in [0, 0.05) is 6.20 Å². The van der Waals surface area contributed by atoms with Crippen molar-refractivity contribution in [2.75, 3.05) is 0 Å². The maximum absolute atomic E-state index is 6.02. The van der Waals surface area contributed by atoms with Crippen LogP contribution < -0.4 is 5.46 Å². The Morgan fingerprint density at radius 3 is 2.30 bits per heavy atom. The summed E-state index contributed by atoms with van der Waals surface area (Å²) in [5, 5.41) is 0. The number of rotatable bonds is 2. The van der Waals surface area contributed by atoms with Crippen LogP contribution in [0.3, 0.4) is 0 Å². The van der Waals surface area contributed by atoms with Crippen LogP contribution in [0.25, 0.3) is 11.6 Å². The van der Waals surface area contributed by atoms with E-state index in [0.29, 0.717) is 11.6 Å². The van der Waals surface area contributed by atoms with Crippen LogP contribution in [0.4, 0.5) is 0 Å². The number of pyridine rings is 1. The summed E-state index contributed by atoms with van der Waals surface area (Å²) in [5.74, 6) is 0.489. The van der Waals surface area contributed by atoms with E-state index in [9.17, 15) is 0 Å². The minimum absolute atomic E-state index is 0.357. The number of hydrogen-bond donors (Lipinski definition) is 0. The molecule has 0 bridgehead atoms. The summed E-state index contributed by atoms with van der Waals surface area (Å²) in [4.78, 5) is 8.36. The first kappa shape index (κ1) is 13.3. The molecule has 0 N–H and O–H groups in total. The predicted molar refractivity (Wildman–Crippen MR) is 75.5 cm³/mol. The molecule has 6 heteroatoms. The number of nitrogens with zero attached hydrogens (tertiary/aromatic N) is 2. The molecule has 0 saturated carbocycles. The second-order valence-corrected chi connectivity index (χ2v) is 5.90. The second kappa shape index (κ2) is 4.43. The van der Waals surface area contributed by atoms with E-state index >= 15 is 0 Å². The van der Waals surface area contributed by atoms with Crippen molar-refractivity contribution >= 4 is 12.6 Å². The first-order chi connectivity index (χ1) is 9.39. The topological polar surface area (TPSA) is 57.4 Å². The quantitative estimate of drug-likeness (QED) is 0.783. The van der Waals surface area contributed by atoms with Crippen LogP contribution in [0.5, 0.6) is 0 Å². The highest BCUT2D eigenvalue weighted by Crippen LogP contribution is 2.36. The molecule has 1 aliphatic heterocycles. The van der Waals surface area contributed by atoms with Crippen molar-refractivity contribution in [2.45, 2.75) is 38.9 Å². The van der Waals surface area contributed by atoms with E-state index in [1.165, 1.54) is 6.26 Å². The van der Waals surface area contributed by atoms with E-state index in [2.05, 4.69) is 9.97 Å². The lowest BCUT2D eigenvalue weighted by Crippen LogP contribution is -2.41. The van der Waals surface area contributed by atoms with E-state index in [1.807, 2.05) is 39.8 Å². The zero-order valence-electron chi connectivity index (χ0n) is 12.1. The molecule has 5 nitrogen and oxygen atoms in total. The monoisotopic (exact) mass is 272 g/mol. The van der Waals surface area contributed by atoms with Crippen molar-refractivity contribution in [3.63, 3.8) is 0 Å². The molecule has 0 aliphatic carbocycles. The number of hydrogen-bond acceptors (Lipinski definition) is 5. The normalized spacial score (nSPS) is 20.3. The maximum atomic E-state index is 6.02. The number of oxazole rings is 1. The predicted octanol–water partition coefficient (Wildman–Crippen LogP) is 2.04. The lowest BCUT2D eigenvalue weighted by molar-refractivity contribution is 0.00578. The molecule has 3 heterocycles. The summed E-state index contributed by atoms with van der Waals surface area (Å²) in [5.41, 5.74) is 0.864. The third-order valence-corrected chi connectivity index (χ3v) is 3.96. The Balaban J connectivity index is 1.91. The van der Waals surface area contributed by atoms with Crippen LogP contribution in [0.15, 0.2) is 35.2 Å². The van der Waals surface area contributed by atoms with E-state index in [4.69, 9.17) is 13.7 Å². The first-order valence-electron chi connectivity index (χ1n) is 6.60. The molecule has 1 saturated heterocycles. The molecule has 2 aromatic rings. The highest BCUT2D eigenvalue weighted by atomic mass is 16.7. The molecular formula is C14H17BN2O3. The summed E-state index contributed by atoms with van der Waals surface area (Å²) in [6.45, 7) is 8.12. The minimum Gasteiger partial charge on any atom is -0.443 e. The molecule has 1 aliphatic rings. The third kappa shape index (κ3) is 2.15. The Kier molecular flexibility index (Phi) is 2.95. The molecule has 1 fully saturated rings. The van der Waals surface area contributed by atoms with Crippen molar-refractivity contribution in [3.05, 3.63) is 30.8 Å². The van der Waals surface area contributed by atoms with Crippen molar-refractivity contribution in [1.29, 1.82) is 0 Å². The van der Waals surface area contributed by atoms with E-state index in [0.717, 1.165) is 5.46 Å². The zero-order chi connectivity index (χ0) is 14.4. The van der Waals surface area contributed by atoms with Crippen LogP contribution in [0, 0.1) is 0 Å². The van der Waals surface area contributed by atoms with Gasteiger partial charge in [-0.15, -0.1) is 0 Å². The van der Waals surface area contributed by atoms with Gasteiger partial charge in [0.15, 0.2) is 0 Å². The number of aromatic nitrogens is 2. The summed E-state index contributed by atoms with van der Waals surface area (Å²) in [6, 6.07) is 3.77. The van der Waals surface area contributed by atoms with Gasteiger partial charge in [0.2, 0.25) is 5.89 Å². The largest absolute Gasteiger partial charge is 0.494 e. The summed E-state index contributed by atoms with van der Waals surface area (Å²) in [6.07, 6.45) is 4.83. The van der Waals surface area contributed by atoms with Crippen molar-refractivity contribution in [3.8, 4) is 11.6 Å². The van der Waals surface area contributed by atoms with Crippen molar-refractivity contribution in [1.82, 2.24) is 9.97 Å². The highest BCUT2D eigenvalue weighted by Gasteiger charge is 2.51. The Morgan fingerprint density at radius 1 is 1.00 bits per heavy atom. The van der Waals surface area contributed by atoms with Gasteiger partial charge in [-0.3, -0.25) is 4.98 Å². The van der Waals surface area contributed by atoms with E-state index in [-0.39, 0.29) is 11.2 Å². The van der Waals surface area contributed by atoms with E-state index in [1.54, 1.807) is 12.4 Å². The fraction of sp³-hybridized carbons (Fsp3) is 0.429. The molecule has 20 heavy (non-hydrogen) atoms. The van der Waals surface area contributed by atoms with Gasteiger partial charge in [0.05, 0.1) is 17.4 Å². The van der Waals surface area contributed by atoms with Gasteiger partial charge in [-0.05, 0) is 45.3 Å². The standard InChI is InChI=1S/C14H17BN2O3/c1-13(2)14(3,4)20-15(19-13)10-5-6-16-11(9-10)12-17-7-8-18-12/h5-9H,1-4H3. The Morgan fingerprint density at radius 2 is 1.70 bits per heavy atom. The molecule has 0 radical (unpaired) electrons. The SMILES string of the molecule is CC1(C)OB(c2ccnc(-c3ncco3)c2)OC1(C)C. The van der Waals surface area contributed by atoms with Crippen molar-refractivity contribution < 1.29 is 13.7 Å². The van der Waals surface area contributed by atoms with Crippen LogP contribution in [0.1, 0.15) is 27.7 Å². The smallest absolute Gasteiger partial charge is 0.443 e. The van der Waals surface area contributed by atoms with Gasteiger partial charge in [-0.25, -0.2) is 4.98 Å². The lowest BCUT2D eigenvalue weighted by atomic mass is 9.79. The van der Waals surface area contributed by atoms with Crippen molar-refractivity contribution in [2.24, 2.45) is 0 Å². The van der Waals surface area contributed by atoms with Gasteiger partial charge in [-0.2, -0.15) is 0 Å². The van der Waals surface area contributed by atoms with Gasteiger partial charge in [0.1, 0.15) is 12.0 Å². The Hall–Kier alpha value is -1.66. The van der Waals surface area contributed by atoms with Crippen LogP contribution >= 0.6 is 0 Å². The molecule has 0 atom stereocenters. The molecule has 0 aromatic carbocycles. The summed E-state index contributed by atoms with van der Waals surface area (Å²) < 4.78 is 17.3. The van der Waals surface area contributed by atoms with Crippen LogP contribution in [-0.2, 0) is 9.31 Å². The van der Waals surface area contributed by atoms with E-state index < -0.39 is 7.12 Å². The zero-order valence-corrected chi connectivity index (χ0v) is 12.1. The molecule has 0 spiro atoms. The van der Waals surface area contributed by atoms with Gasteiger partial charge < -0.3 is 13.7 Å². The second-order valence-electron chi connectivity index (χ2n) is 5.90. The fourth-order valence-electron chi connectivity index (χ4n) is 2.04. The van der Waals surface area contributed by atoms with Crippen LogP contribution in [0.2, 0.25) is 0 Å². The maximum Gasteiger partial charge on any atom is 0.494 e. The summed E-state index contributed by atoms with van der Waals surface area (Å²) >= 11 is 0.